The van der Waals surface area contributed by atoms with Crippen LogP contribution in [-0.4, -0.2) is 60.1 Å². The number of benzene rings is 2. The number of carbonyl (C=O) groups is 1. The number of fused-ring (bicyclic) bond motifs is 1. The maximum absolute atomic E-state index is 13.2. The summed E-state index contributed by atoms with van der Waals surface area (Å²) in [6.45, 7) is 6.66. The molecule has 2 aromatic carbocycles. The number of nitrogens with zero attached hydrogens (tertiary/aromatic N) is 4. The molecule has 2 aromatic heterocycles. The summed E-state index contributed by atoms with van der Waals surface area (Å²) in [5.74, 6) is 0.432. The topological polar surface area (TPSA) is 97.2 Å². The number of amides is 1. The van der Waals surface area contributed by atoms with Crippen LogP contribution < -0.4 is 5.32 Å². The number of pyridine rings is 1. The molecule has 0 aliphatic heterocycles. The summed E-state index contributed by atoms with van der Waals surface area (Å²) in [5, 5.41) is 8.08. The van der Waals surface area contributed by atoms with Crippen LogP contribution in [0.15, 0.2) is 78.1 Å². The van der Waals surface area contributed by atoms with Crippen LogP contribution in [0.3, 0.4) is 0 Å². The third-order valence-electron chi connectivity index (χ3n) is 7.21. The van der Waals surface area contributed by atoms with E-state index in [4.69, 9.17) is 0 Å². The van der Waals surface area contributed by atoms with Gasteiger partial charge in [0.05, 0.1) is 16.6 Å². The number of carbonyl (C=O) groups excluding carboxylic acids is 1. The first-order valence-electron chi connectivity index (χ1n) is 13.2. The van der Waals surface area contributed by atoms with Gasteiger partial charge in [-0.1, -0.05) is 43.7 Å². The van der Waals surface area contributed by atoms with Gasteiger partial charge in [0.2, 0.25) is 5.91 Å². The number of aryl methyl sites for hydroxylation is 1. The van der Waals surface area contributed by atoms with Crippen molar-refractivity contribution in [2.24, 2.45) is 5.92 Å². The molecule has 0 aliphatic carbocycles. The Balaban J connectivity index is 1.44. The van der Waals surface area contributed by atoms with Crippen molar-refractivity contribution in [3.8, 4) is 0 Å². The molecule has 1 N–H and O–H groups in total. The predicted octanol–water partition coefficient (Wildman–Crippen LogP) is 4.40. The van der Waals surface area contributed by atoms with E-state index in [1.807, 2.05) is 51.5 Å². The highest BCUT2D eigenvalue weighted by atomic mass is 32.2. The Morgan fingerprint density at radius 1 is 1.05 bits per heavy atom. The SMILES string of the molecule is Cc1ccc(S(=O)(=O)n2ncc3cc(C[C@@H](CNC(=O)C[C@H](c4cccnc4)C(C)C)N(C)C)ccc32)cc1. The Morgan fingerprint density at radius 2 is 1.79 bits per heavy atom. The molecule has 0 aliphatic rings. The van der Waals surface area contributed by atoms with Gasteiger partial charge in [0, 0.05) is 36.8 Å². The minimum Gasteiger partial charge on any atom is -0.355 e. The number of nitrogens with one attached hydrogen (secondary N) is 1. The number of hydrogen-bond donors (Lipinski definition) is 1. The fourth-order valence-corrected chi connectivity index (χ4v) is 6.01. The van der Waals surface area contributed by atoms with Crippen molar-refractivity contribution < 1.29 is 13.2 Å². The summed E-state index contributed by atoms with van der Waals surface area (Å²) in [5.41, 5.74) is 3.64. The van der Waals surface area contributed by atoms with Crippen molar-refractivity contribution >= 4 is 26.8 Å². The molecular weight excluding hydrogens is 510 g/mol. The molecule has 4 rings (SSSR count). The van der Waals surface area contributed by atoms with Crippen molar-refractivity contribution in [2.75, 3.05) is 20.6 Å². The van der Waals surface area contributed by atoms with Gasteiger partial charge in [0.1, 0.15) is 0 Å². The van der Waals surface area contributed by atoms with Crippen LogP contribution in [0.25, 0.3) is 10.9 Å². The maximum atomic E-state index is 13.2. The summed E-state index contributed by atoms with van der Waals surface area (Å²) in [6, 6.07) is 16.5. The van der Waals surface area contributed by atoms with Crippen molar-refractivity contribution in [3.63, 3.8) is 0 Å². The van der Waals surface area contributed by atoms with Crippen LogP contribution in [-0.2, 0) is 21.2 Å². The predicted molar refractivity (Wildman–Crippen MR) is 154 cm³/mol. The van der Waals surface area contributed by atoms with Crippen LogP contribution >= 0.6 is 0 Å². The average molecular weight is 548 g/mol. The van der Waals surface area contributed by atoms with Gasteiger partial charge in [0.15, 0.2) is 0 Å². The van der Waals surface area contributed by atoms with E-state index in [1.165, 1.54) is 0 Å². The van der Waals surface area contributed by atoms with E-state index in [2.05, 4.69) is 34.1 Å². The molecule has 1 amide bonds. The second kappa shape index (κ2) is 12.1. The lowest BCUT2D eigenvalue weighted by molar-refractivity contribution is -0.121. The highest BCUT2D eigenvalue weighted by Crippen LogP contribution is 2.27. The van der Waals surface area contributed by atoms with Gasteiger partial charge in [-0.2, -0.15) is 17.6 Å². The molecule has 0 radical (unpaired) electrons. The summed E-state index contributed by atoms with van der Waals surface area (Å²) in [4.78, 5) is 19.4. The second-order valence-electron chi connectivity index (χ2n) is 10.7. The summed E-state index contributed by atoms with van der Waals surface area (Å²) in [7, 11) is 0.191. The Morgan fingerprint density at radius 3 is 2.44 bits per heavy atom. The van der Waals surface area contributed by atoms with Gasteiger partial charge in [-0.25, -0.2) is 0 Å². The molecule has 0 unspecified atom stereocenters. The van der Waals surface area contributed by atoms with E-state index in [1.54, 1.807) is 42.7 Å². The zero-order valence-corrected chi connectivity index (χ0v) is 24.0. The second-order valence-corrected chi connectivity index (χ2v) is 12.4. The lowest BCUT2D eigenvalue weighted by atomic mass is 9.86. The molecule has 0 saturated carbocycles. The van der Waals surface area contributed by atoms with Crippen LogP contribution in [0.2, 0.25) is 0 Å². The van der Waals surface area contributed by atoms with E-state index in [0.717, 1.165) is 26.2 Å². The van der Waals surface area contributed by atoms with Crippen LogP contribution in [0, 0.1) is 12.8 Å². The van der Waals surface area contributed by atoms with Gasteiger partial charge in [0.25, 0.3) is 10.0 Å². The van der Waals surface area contributed by atoms with E-state index in [-0.39, 0.29) is 22.8 Å². The lowest BCUT2D eigenvalue weighted by Crippen LogP contribution is -2.42. The molecule has 2 heterocycles. The van der Waals surface area contributed by atoms with Crippen molar-refractivity contribution in [1.29, 1.82) is 0 Å². The molecule has 2 atom stereocenters. The molecule has 0 bridgehead atoms. The fourth-order valence-electron chi connectivity index (χ4n) is 4.73. The van der Waals surface area contributed by atoms with E-state index in [0.29, 0.717) is 30.8 Å². The van der Waals surface area contributed by atoms with E-state index < -0.39 is 10.0 Å². The summed E-state index contributed by atoms with van der Waals surface area (Å²) >= 11 is 0. The molecule has 4 aromatic rings. The first-order chi connectivity index (χ1) is 18.6. The van der Waals surface area contributed by atoms with Crippen LogP contribution in [0.4, 0.5) is 0 Å². The number of likely N-dealkylation sites (N-methyl/N-ethyl adjacent to an activating group) is 1. The number of hydrogen-bond acceptors (Lipinski definition) is 6. The van der Waals surface area contributed by atoms with Gasteiger partial charge >= 0.3 is 0 Å². The quantitative estimate of drug-likeness (QED) is 0.299. The van der Waals surface area contributed by atoms with Crippen LogP contribution in [0.5, 0.6) is 0 Å². The average Bonchev–Trinajstić information content (AvgIpc) is 3.34. The highest BCUT2D eigenvalue weighted by molar-refractivity contribution is 7.90. The smallest absolute Gasteiger partial charge is 0.283 e. The number of rotatable bonds is 11. The number of aromatic nitrogens is 3. The first kappa shape index (κ1) is 28.4. The molecule has 206 valence electrons. The van der Waals surface area contributed by atoms with E-state index >= 15 is 0 Å². The summed E-state index contributed by atoms with van der Waals surface area (Å²) < 4.78 is 27.5. The van der Waals surface area contributed by atoms with Crippen LogP contribution in [0.1, 0.15) is 42.9 Å². The largest absolute Gasteiger partial charge is 0.355 e. The van der Waals surface area contributed by atoms with Gasteiger partial charge < -0.3 is 10.2 Å². The Kier molecular flexibility index (Phi) is 8.82. The molecule has 0 saturated heterocycles. The Labute approximate surface area is 231 Å². The maximum Gasteiger partial charge on any atom is 0.283 e. The summed E-state index contributed by atoms with van der Waals surface area (Å²) in [6.07, 6.45) is 6.26. The molecule has 8 nitrogen and oxygen atoms in total. The van der Waals surface area contributed by atoms with Crippen molar-refractivity contribution in [2.45, 2.75) is 50.5 Å². The minimum absolute atomic E-state index is 0.0162. The van der Waals surface area contributed by atoms with Crippen molar-refractivity contribution in [3.05, 3.63) is 89.9 Å². The third-order valence-corrected chi connectivity index (χ3v) is 8.82. The molecule has 0 fully saturated rings. The van der Waals surface area contributed by atoms with E-state index in [9.17, 15) is 13.2 Å². The third kappa shape index (κ3) is 6.72. The zero-order chi connectivity index (χ0) is 28.2. The Bertz CT molecular complexity index is 1510. The lowest BCUT2D eigenvalue weighted by Gasteiger charge is -2.26. The Hall–Kier alpha value is -3.56. The minimum atomic E-state index is -3.80. The molecule has 9 heteroatoms. The van der Waals surface area contributed by atoms with Gasteiger partial charge in [-0.05, 0) is 80.7 Å². The van der Waals surface area contributed by atoms with Gasteiger partial charge in [-0.15, -0.1) is 0 Å². The van der Waals surface area contributed by atoms with Crippen molar-refractivity contribution in [1.82, 2.24) is 24.4 Å². The molecule has 39 heavy (non-hydrogen) atoms. The monoisotopic (exact) mass is 547 g/mol. The zero-order valence-electron chi connectivity index (χ0n) is 23.2. The first-order valence-corrected chi connectivity index (χ1v) is 14.6. The standard InChI is InChI=1S/C30H37N5O3S/c1-21(2)28(24-7-6-14-31-18-24)17-30(36)32-20-26(34(4)5)16-23-10-13-29-25(15-23)19-33-35(29)39(37,38)27-11-8-22(3)9-12-27/h6-15,18-19,21,26,28H,16-17,20H2,1-5H3,(H,32,36)/t26-,28-/m0/s1. The fraction of sp³-hybridized carbons (Fsp3) is 0.367. The highest BCUT2D eigenvalue weighted by Gasteiger charge is 2.23. The molecular formula is C30H37N5O3S. The van der Waals surface area contributed by atoms with Gasteiger partial charge in [-0.3, -0.25) is 9.78 Å². The normalized spacial score (nSPS) is 13.6. The molecule has 0 spiro atoms.